The van der Waals surface area contributed by atoms with Crippen LogP contribution in [0.2, 0.25) is 0 Å². The molecule has 1 nitrogen and oxygen atoms in total. The molecule has 0 radical (unpaired) electrons. The molecule has 0 bridgehead atoms. The minimum atomic E-state index is -0.137. The van der Waals surface area contributed by atoms with Gasteiger partial charge in [0.05, 0.1) is 0 Å². The van der Waals surface area contributed by atoms with Crippen LogP contribution in [0.1, 0.15) is 29.5 Å². The topological polar surface area (TPSA) is 26.0 Å². The Kier molecular flexibility index (Phi) is 2.63. The van der Waals surface area contributed by atoms with Gasteiger partial charge in [0.1, 0.15) is 5.82 Å². The largest absolute Gasteiger partial charge is 0.330 e. The van der Waals surface area contributed by atoms with Crippen LogP contribution in [0.3, 0.4) is 0 Å². The maximum atomic E-state index is 13.6. The molecule has 1 fully saturated rings. The first kappa shape index (κ1) is 11.1. The molecule has 82 valence electrons. The Labute approximate surface area is 98.0 Å². The zero-order valence-electron chi connectivity index (χ0n) is 9.03. The Balaban J connectivity index is 2.58. The van der Waals surface area contributed by atoms with Crippen LogP contribution in [-0.2, 0) is 5.41 Å². The second-order valence-electron chi connectivity index (χ2n) is 4.45. The summed E-state index contributed by atoms with van der Waals surface area (Å²) in [6.07, 6.45) is 2.17. The molecule has 2 N–H and O–H groups in total. The van der Waals surface area contributed by atoms with E-state index < -0.39 is 0 Å². The van der Waals surface area contributed by atoms with Crippen LogP contribution < -0.4 is 5.73 Å². The molecule has 0 amide bonds. The van der Waals surface area contributed by atoms with Gasteiger partial charge in [-0.05, 0) is 49.4 Å². The molecule has 0 unspecified atom stereocenters. The van der Waals surface area contributed by atoms with E-state index in [1.165, 1.54) is 0 Å². The molecule has 2 rings (SSSR count). The van der Waals surface area contributed by atoms with E-state index in [4.69, 9.17) is 5.73 Å². The van der Waals surface area contributed by atoms with Crippen molar-refractivity contribution in [1.82, 2.24) is 0 Å². The SMILES string of the molecule is Cc1c(F)cc(C2(CN)CC2)c(C)c1Br. The van der Waals surface area contributed by atoms with Gasteiger partial charge < -0.3 is 5.73 Å². The zero-order valence-corrected chi connectivity index (χ0v) is 10.6. The zero-order chi connectivity index (χ0) is 11.2. The number of hydrogen-bond donors (Lipinski definition) is 1. The monoisotopic (exact) mass is 271 g/mol. The summed E-state index contributed by atoms with van der Waals surface area (Å²) < 4.78 is 14.5. The summed E-state index contributed by atoms with van der Waals surface area (Å²) in [6, 6.07) is 1.66. The molecule has 1 aromatic carbocycles. The fraction of sp³-hybridized carbons (Fsp3) is 0.500. The minimum absolute atomic E-state index is 0.0567. The molecule has 1 aliphatic rings. The lowest BCUT2D eigenvalue weighted by Crippen LogP contribution is -2.21. The second kappa shape index (κ2) is 3.56. The van der Waals surface area contributed by atoms with Crippen molar-refractivity contribution in [2.45, 2.75) is 32.1 Å². The Hall–Kier alpha value is -0.410. The second-order valence-corrected chi connectivity index (χ2v) is 5.25. The van der Waals surface area contributed by atoms with E-state index in [2.05, 4.69) is 15.9 Å². The molecular weight excluding hydrogens is 257 g/mol. The quantitative estimate of drug-likeness (QED) is 0.879. The number of halogens is 2. The Bertz CT molecular complexity index is 411. The molecule has 1 aromatic rings. The van der Waals surface area contributed by atoms with Crippen molar-refractivity contribution in [3.63, 3.8) is 0 Å². The first-order valence-electron chi connectivity index (χ1n) is 5.17. The van der Waals surface area contributed by atoms with Gasteiger partial charge in [-0.25, -0.2) is 4.39 Å². The van der Waals surface area contributed by atoms with Gasteiger partial charge in [-0.15, -0.1) is 0 Å². The predicted octanol–water partition coefficient (Wildman–Crippen LogP) is 3.20. The first-order valence-corrected chi connectivity index (χ1v) is 5.97. The van der Waals surface area contributed by atoms with Crippen molar-refractivity contribution in [1.29, 1.82) is 0 Å². The van der Waals surface area contributed by atoms with Gasteiger partial charge >= 0.3 is 0 Å². The van der Waals surface area contributed by atoms with E-state index >= 15 is 0 Å². The predicted molar refractivity (Wildman–Crippen MR) is 63.5 cm³/mol. The summed E-state index contributed by atoms with van der Waals surface area (Å²) in [5.74, 6) is -0.137. The van der Waals surface area contributed by atoms with E-state index in [0.717, 1.165) is 28.4 Å². The third-order valence-corrected chi connectivity index (χ3v) is 4.70. The third-order valence-electron chi connectivity index (χ3n) is 3.51. The summed E-state index contributed by atoms with van der Waals surface area (Å²) in [5, 5.41) is 0. The number of nitrogens with two attached hydrogens (primary N) is 1. The number of benzene rings is 1. The molecule has 15 heavy (non-hydrogen) atoms. The molecule has 3 heteroatoms. The fourth-order valence-electron chi connectivity index (χ4n) is 2.13. The van der Waals surface area contributed by atoms with Crippen LogP contribution in [0, 0.1) is 19.7 Å². The molecule has 1 aliphatic carbocycles. The normalized spacial score (nSPS) is 17.9. The molecule has 0 aliphatic heterocycles. The maximum absolute atomic E-state index is 13.6. The Morgan fingerprint density at radius 1 is 1.40 bits per heavy atom. The van der Waals surface area contributed by atoms with E-state index in [9.17, 15) is 4.39 Å². The van der Waals surface area contributed by atoms with Crippen LogP contribution >= 0.6 is 15.9 Å². The average molecular weight is 272 g/mol. The Morgan fingerprint density at radius 2 is 2.00 bits per heavy atom. The highest BCUT2D eigenvalue weighted by molar-refractivity contribution is 9.10. The van der Waals surface area contributed by atoms with Gasteiger partial charge in [0.25, 0.3) is 0 Å². The third kappa shape index (κ3) is 1.62. The van der Waals surface area contributed by atoms with Gasteiger partial charge in [0, 0.05) is 16.4 Å². The van der Waals surface area contributed by atoms with Crippen LogP contribution in [0.4, 0.5) is 4.39 Å². The van der Waals surface area contributed by atoms with Crippen LogP contribution in [0.5, 0.6) is 0 Å². The lowest BCUT2D eigenvalue weighted by atomic mass is 9.90. The Morgan fingerprint density at radius 3 is 2.47 bits per heavy atom. The summed E-state index contributed by atoms with van der Waals surface area (Å²) >= 11 is 3.45. The van der Waals surface area contributed by atoms with Crippen LogP contribution in [0.25, 0.3) is 0 Å². The molecule has 0 atom stereocenters. The van der Waals surface area contributed by atoms with Crippen LogP contribution in [0.15, 0.2) is 10.5 Å². The lowest BCUT2D eigenvalue weighted by molar-refractivity contribution is 0.604. The van der Waals surface area contributed by atoms with Crippen molar-refractivity contribution in [2.75, 3.05) is 6.54 Å². The van der Waals surface area contributed by atoms with Gasteiger partial charge in [-0.1, -0.05) is 15.9 Å². The summed E-state index contributed by atoms with van der Waals surface area (Å²) in [6.45, 7) is 4.43. The fourth-order valence-corrected chi connectivity index (χ4v) is 2.54. The highest BCUT2D eigenvalue weighted by Crippen LogP contribution is 2.49. The smallest absolute Gasteiger partial charge is 0.127 e. The highest BCUT2D eigenvalue weighted by Gasteiger charge is 2.44. The molecule has 0 heterocycles. The summed E-state index contributed by atoms with van der Waals surface area (Å²) in [4.78, 5) is 0. The van der Waals surface area contributed by atoms with Gasteiger partial charge in [0.2, 0.25) is 0 Å². The first-order chi connectivity index (χ1) is 7.02. The van der Waals surface area contributed by atoms with Crippen molar-refractivity contribution < 1.29 is 4.39 Å². The molecule has 0 aromatic heterocycles. The van der Waals surface area contributed by atoms with Crippen LogP contribution in [-0.4, -0.2) is 6.54 Å². The van der Waals surface area contributed by atoms with E-state index in [1.54, 1.807) is 13.0 Å². The van der Waals surface area contributed by atoms with Gasteiger partial charge in [-0.3, -0.25) is 0 Å². The number of hydrogen-bond acceptors (Lipinski definition) is 1. The summed E-state index contributed by atoms with van der Waals surface area (Å²) in [7, 11) is 0. The maximum Gasteiger partial charge on any atom is 0.127 e. The average Bonchev–Trinajstić information content (AvgIpc) is 3.01. The standard InChI is InChI=1S/C12H15BrFN/c1-7-9(12(6-15)3-4-12)5-10(14)8(2)11(7)13/h5H,3-4,6,15H2,1-2H3. The van der Waals surface area contributed by atoms with Crippen molar-refractivity contribution in [2.24, 2.45) is 5.73 Å². The minimum Gasteiger partial charge on any atom is -0.330 e. The van der Waals surface area contributed by atoms with E-state index in [-0.39, 0.29) is 11.2 Å². The molecule has 0 saturated heterocycles. The molecular formula is C12H15BrFN. The van der Waals surface area contributed by atoms with Crippen molar-refractivity contribution in [3.05, 3.63) is 33.0 Å². The summed E-state index contributed by atoms with van der Waals surface area (Å²) in [5.41, 5.74) is 8.73. The highest BCUT2D eigenvalue weighted by atomic mass is 79.9. The van der Waals surface area contributed by atoms with Gasteiger partial charge in [0.15, 0.2) is 0 Å². The van der Waals surface area contributed by atoms with Crippen molar-refractivity contribution >= 4 is 15.9 Å². The van der Waals surface area contributed by atoms with Crippen molar-refractivity contribution in [3.8, 4) is 0 Å². The lowest BCUT2D eigenvalue weighted by Gasteiger charge is -2.18. The van der Waals surface area contributed by atoms with Gasteiger partial charge in [-0.2, -0.15) is 0 Å². The van der Waals surface area contributed by atoms with E-state index in [0.29, 0.717) is 12.1 Å². The van der Waals surface area contributed by atoms with E-state index in [1.807, 2.05) is 6.92 Å². The number of rotatable bonds is 2. The molecule has 1 saturated carbocycles. The molecule has 0 spiro atoms.